The summed E-state index contributed by atoms with van der Waals surface area (Å²) in [5.41, 5.74) is 1.26. The molecule has 132 valence electrons. The maximum absolute atomic E-state index is 12.0. The fourth-order valence-electron chi connectivity index (χ4n) is 2.16. The second-order valence-corrected chi connectivity index (χ2v) is 5.50. The summed E-state index contributed by atoms with van der Waals surface area (Å²) in [5.74, 6) is 0.283. The van der Waals surface area contributed by atoms with Crippen LogP contribution in [0.15, 0.2) is 53.3 Å². The number of nitrogens with one attached hydrogen (secondary N) is 2. The smallest absolute Gasteiger partial charge is 0.315 e. The molecule has 0 aliphatic heterocycles. The van der Waals surface area contributed by atoms with Gasteiger partial charge in [-0.1, -0.05) is 5.16 Å². The van der Waals surface area contributed by atoms with Crippen LogP contribution in [0.4, 0.5) is 11.5 Å². The van der Waals surface area contributed by atoms with E-state index in [2.05, 4.69) is 20.8 Å². The van der Waals surface area contributed by atoms with E-state index in [1.807, 2.05) is 6.92 Å². The molecule has 2 amide bonds. The molecule has 0 unspecified atom stereocenters. The van der Waals surface area contributed by atoms with Crippen LogP contribution in [0.1, 0.15) is 11.3 Å². The lowest BCUT2D eigenvalue weighted by Gasteiger charge is -2.10. The van der Waals surface area contributed by atoms with E-state index in [1.54, 1.807) is 49.6 Å². The quantitative estimate of drug-likeness (QED) is 0.699. The highest BCUT2D eigenvalue weighted by atomic mass is 16.5. The molecule has 0 saturated heterocycles. The predicted molar refractivity (Wildman–Crippen MR) is 94.0 cm³/mol. The lowest BCUT2D eigenvalue weighted by molar-refractivity contribution is -0.133. The minimum atomic E-state index is -0.841. The third-order valence-corrected chi connectivity index (χ3v) is 3.37. The summed E-state index contributed by atoms with van der Waals surface area (Å²) in [6.07, 6.45) is 3.26. The monoisotopic (exact) mass is 352 g/mol. The highest BCUT2D eigenvalue weighted by molar-refractivity contribution is 6.43. The Labute approximate surface area is 149 Å². The van der Waals surface area contributed by atoms with Crippen molar-refractivity contribution in [3.8, 4) is 11.5 Å². The lowest BCUT2D eigenvalue weighted by atomic mass is 10.2. The van der Waals surface area contributed by atoms with Gasteiger partial charge in [0.05, 0.1) is 6.20 Å². The molecule has 2 heterocycles. The maximum Gasteiger partial charge on any atom is 0.315 e. The first kappa shape index (κ1) is 17.2. The Kier molecular flexibility index (Phi) is 4.93. The molecule has 0 radical (unpaired) electrons. The summed E-state index contributed by atoms with van der Waals surface area (Å²) in [4.78, 5) is 27.9. The Hall–Kier alpha value is -3.68. The number of carbonyl (C=O) groups is 2. The molecule has 0 saturated carbocycles. The van der Waals surface area contributed by atoms with Crippen LogP contribution in [0.2, 0.25) is 0 Å². The number of anilines is 2. The van der Waals surface area contributed by atoms with Crippen LogP contribution in [-0.4, -0.2) is 22.0 Å². The van der Waals surface area contributed by atoms with E-state index in [4.69, 9.17) is 9.26 Å². The maximum atomic E-state index is 12.0. The molecular formula is C18H16N4O4. The molecule has 0 aliphatic carbocycles. The molecule has 2 N–H and O–H groups in total. The van der Waals surface area contributed by atoms with Crippen LogP contribution < -0.4 is 15.4 Å². The molecule has 0 bridgehead atoms. The zero-order chi connectivity index (χ0) is 18.5. The molecule has 3 rings (SSSR count). The fourth-order valence-corrected chi connectivity index (χ4v) is 2.16. The minimum Gasteiger partial charge on any atom is -0.455 e. The van der Waals surface area contributed by atoms with E-state index in [-0.39, 0.29) is 5.82 Å². The van der Waals surface area contributed by atoms with Crippen LogP contribution in [0.5, 0.6) is 11.5 Å². The van der Waals surface area contributed by atoms with Crippen molar-refractivity contribution in [1.29, 1.82) is 0 Å². The summed E-state index contributed by atoms with van der Waals surface area (Å²) in [7, 11) is 0. The number of amides is 2. The van der Waals surface area contributed by atoms with Gasteiger partial charge in [-0.3, -0.25) is 19.9 Å². The van der Waals surface area contributed by atoms with Gasteiger partial charge in [-0.15, -0.1) is 0 Å². The standard InChI is InChI=1S/C18H16N4O4/c1-11-8-13(5-6-15(11)25-14-4-3-7-19-10-14)20-17(23)18(24)21-16-9-12(2)26-22-16/h3-10H,1-2H3,(H,20,23)(H,21,22,24). The number of rotatable bonds is 4. The van der Waals surface area contributed by atoms with Crippen molar-refractivity contribution in [2.75, 3.05) is 10.6 Å². The number of aromatic nitrogens is 2. The van der Waals surface area contributed by atoms with Crippen molar-refractivity contribution < 1.29 is 18.8 Å². The molecule has 0 fully saturated rings. The van der Waals surface area contributed by atoms with Crippen LogP contribution in [0.25, 0.3) is 0 Å². The van der Waals surface area contributed by atoms with Crippen LogP contribution in [-0.2, 0) is 9.59 Å². The number of pyridine rings is 1. The Morgan fingerprint density at radius 1 is 1.08 bits per heavy atom. The molecule has 0 atom stereocenters. The van der Waals surface area contributed by atoms with E-state index in [0.29, 0.717) is 22.9 Å². The van der Waals surface area contributed by atoms with Crippen molar-refractivity contribution in [3.05, 3.63) is 60.1 Å². The topological polar surface area (TPSA) is 106 Å². The SMILES string of the molecule is Cc1cc(NC(=O)C(=O)Nc2ccc(Oc3cccnc3)c(C)c2)no1. The fraction of sp³-hybridized carbons (Fsp3) is 0.111. The van der Waals surface area contributed by atoms with Gasteiger partial charge in [0.25, 0.3) is 0 Å². The summed E-state index contributed by atoms with van der Waals surface area (Å²) >= 11 is 0. The minimum absolute atomic E-state index is 0.180. The van der Waals surface area contributed by atoms with Gasteiger partial charge in [0.15, 0.2) is 5.82 Å². The number of nitrogens with zero attached hydrogens (tertiary/aromatic N) is 2. The number of hydrogen-bond acceptors (Lipinski definition) is 6. The van der Waals surface area contributed by atoms with Crippen molar-refractivity contribution in [3.63, 3.8) is 0 Å². The average Bonchev–Trinajstić information content (AvgIpc) is 3.03. The molecule has 8 heteroatoms. The first-order valence-electron chi connectivity index (χ1n) is 7.75. The summed E-state index contributed by atoms with van der Waals surface area (Å²) < 4.78 is 10.6. The van der Waals surface area contributed by atoms with Gasteiger partial charge in [-0.25, -0.2) is 0 Å². The van der Waals surface area contributed by atoms with E-state index in [9.17, 15) is 9.59 Å². The van der Waals surface area contributed by atoms with Crippen molar-refractivity contribution >= 4 is 23.3 Å². The zero-order valence-electron chi connectivity index (χ0n) is 14.1. The third-order valence-electron chi connectivity index (χ3n) is 3.37. The van der Waals surface area contributed by atoms with Crippen LogP contribution in [0.3, 0.4) is 0 Å². The molecule has 0 aliphatic rings. The van der Waals surface area contributed by atoms with E-state index >= 15 is 0 Å². The second-order valence-electron chi connectivity index (χ2n) is 5.50. The Balaban J connectivity index is 1.63. The largest absolute Gasteiger partial charge is 0.455 e. The first-order valence-corrected chi connectivity index (χ1v) is 7.75. The van der Waals surface area contributed by atoms with Crippen molar-refractivity contribution in [2.45, 2.75) is 13.8 Å². The van der Waals surface area contributed by atoms with Crippen molar-refractivity contribution in [1.82, 2.24) is 10.1 Å². The van der Waals surface area contributed by atoms with Gasteiger partial charge in [-0.2, -0.15) is 0 Å². The van der Waals surface area contributed by atoms with E-state index in [0.717, 1.165) is 5.56 Å². The zero-order valence-corrected chi connectivity index (χ0v) is 14.1. The molecular weight excluding hydrogens is 336 g/mol. The summed E-state index contributed by atoms with van der Waals surface area (Å²) in [5, 5.41) is 8.48. The van der Waals surface area contributed by atoms with Gasteiger partial charge in [-0.05, 0) is 49.7 Å². The van der Waals surface area contributed by atoms with Gasteiger partial charge in [0.2, 0.25) is 0 Å². The predicted octanol–water partition coefficient (Wildman–Crippen LogP) is 3.06. The van der Waals surface area contributed by atoms with Crippen LogP contribution in [0, 0.1) is 13.8 Å². The normalized spacial score (nSPS) is 10.2. The molecule has 2 aromatic heterocycles. The molecule has 26 heavy (non-hydrogen) atoms. The average molecular weight is 352 g/mol. The molecule has 1 aromatic carbocycles. The molecule has 0 spiro atoms. The summed E-state index contributed by atoms with van der Waals surface area (Å²) in [6.45, 7) is 3.51. The lowest BCUT2D eigenvalue weighted by Crippen LogP contribution is -2.29. The first-order chi connectivity index (χ1) is 12.5. The van der Waals surface area contributed by atoms with Gasteiger partial charge < -0.3 is 14.6 Å². The molecule has 8 nitrogen and oxygen atoms in total. The second kappa shape index (κ2) is 7.47. The van der Waals surface area contributed by atoms with E-state index < -0.39 is 11.8 Å². The summed E-state index contributed by atoms with van der Waals surface area (Å²) in [6, 6.07) is 10.1. The number of carbonyl (C=O) groups excluding carboxylic acids is 2. The highest BCUT2D eigenvalue weighted by Gasteiger charge is 2.16. The number of benzene rings is 1. The Bertz CT molecular complexity index is 937. The van der Waals surface area contributed by atoms with E-state index in [1.165, 1.54) is 6.07 Å². The van der Waals surface area contributed by atoms with Gasteiger partial charge in [0, 0.05) is 18.0 Å². The number of aryl methyl sites for hydroxylation is 2. The Morgan fingerprint density at radius 3 is 2.54 bits per heavy atom. The van der Waals surface area contributed by atoms with Crippen molar-refractivity contribution in [2.24, 2.45) is 0 Å². The van der Waals surface area contributed by atoms with Crippen LogP contribution >= 0.6 is 0 Å². The molecule has 3 aromatic rings. The Morgan fingerprint density at radius 2 is 1.88 bits per heavy atom. The van der Waals surface area contributed by atoms with Gasteiger partial charge >= 0.3 is 11.8 Å². The highest BCUT2D eigenvalue weighted by Crippen LogP contribution is 2.26. The third kappa shape index (κ3) is 4.23. The van der Waals surface area contributed by atoms with Gasteiger partial charge in [0.1, 0.15) is 17.3 Å². The number of hydrogen-bond donors (Lipinski definition) is 2. The number of ether oxygens (including phenoxy) is 1.